The molecule has 4 nitrogen and oxygen atoms in total. The van der Waals surface area contributed by atoms with Gasteiger partial charge in [-0.25, -0.2) is 0 Å². The van der Waals surface area contributed by atoms with E-state index < -0.39 is 17.4 Å². The number of hydrogen-bond donors (Lipinski definition) is 1. The summed E-state index contributed by atoms with van der Waals surface area (Å²) in [6, 6.07) is 0. The van der Waals surface area contributed by atoms with Crippen LogP contribution in [-0.4, -0.2) is 44.0 Å². The topological polar surface area (TPSA) is 57.6 Å². The minimum Gasteiger partial charge on any atom is -0.418 e. The zero-order valence-corrected chi connectivity index (χ0v) is 11.1. The molecule has 0 aliphatic carbocycles. The first kappa shape index (κ1) is 18.0. The third-order valence-electron chi connectivity index (χ3n) is 1.98. The third kappa shape index (κ3) is 14.9. The minimum absolute atomic E-state index is 0.167. The molecule has 1 aliphatic heterocycles. The molecule has 0 aromatic carbocycles. The molecule has 112 valence electrons. The summed E-state index contributed by atoms with van der Waals surface area (Å²) in [5, 5.41) is 0. The van der Waals surface area contributed by atoms with E-state index in [-0.39, 0.29) is 5.75 Å². The standard InChI is InChI=1S/C9H15NO3S.BF4/c1-9-4-2-5-10(8-9)6-3-7-14(11,12)13;2-1(3,4)5/h2,4-5H,3,6-8H2,1H3,(H,11,12,13);/q;-1. The fourth-order valence-corrected chi connectivity index (χ4v) is 1.85. The van der Waals surface area contributed by atoms with Crippen molar-refractivity contribution in [2.24, 2.45) is 0 Å². The van der Waals surface area contributed by atoms with E-state index in [4.69, 9.17) is 4.55 Å². The Bertz CT molecular complexity index is 427. The van der Waals surface area contributed by atoms with Crippen molar-refractivity contribution in [1.82, 2.24) is 4.90 Å². The highest BCUT2D eigenvalue weighted by atomic mass is 32.2. The Labute approximate surface area is 109 Å². The van der Waals surface area contributed by atoms with Crippen LogP contribution in [0.4, 0.5) is 17.3 Å². The first-order valence-corrected chi connectivity index (χ1v) is 6.99. The van der Waals surface area contributed by atoms with Crippen LogP contribution in [0.2, 0.25) is 0 Å². The monoisotopic (exact) mass is 304 g/mol. The summed E-state index contributed by atoms with van der Waals surface area (Å²) in [6.45, 7) is 3.52. The quantitative estimate of drug-likeness (QED) is 0.492. The molecule has 1 N–H and O–H groups in total. The predicted molar refractivity (Wildman–Crippen MR) is 65.7 cm³/mol. The van der Waals surface area contributed by atoms with Crippen LogP contribution >= 0.6 is 0 Å². The minimum atomic E-state index is -6.00. The van der Waals surface area contributed by atoms with Crippen LogP contribution < -0.4 is 0 Å². The van der Waals surface area contributed by atoms with E-state index in [1.165, 1.54) is 5.57 Å². The number of rotatable bonds is 4. The largest absolute Gasteiger partial charge is 0.673 e. The van der Waals surface area contributed by atoms with Gasteiger partial charge in [-0.2, -0.15) is 8.42 Å². The highest BCUT2D eigenvalue weighted by Gasteiger charge is 2.20. The highest BCUT2D eigenvalue weighted by Crippen LogP contribution is 2.07. The van der Waals surface area contributed by atoms with Gasteiger partial charge in [0.15, 0.2) is 0 Å². The van der Waals surface area contributed by atoms with E-state index in [1.807, 2.05) is 30.2 Å². The lowest BCUT2D eigenvalue weighted by molar-refractivity contribution is 0.368. The van der Waals surface area contributed by atoms with Crippen LogP contribution in [0.25, 0.3) is 0 Å². The van der Waals surface area contributed by atoms with E-state index >= 15 is 0 Å². The summed E-state index contributed by atoms with van der Waals surface area (Å²) in [6.07, 6.45) is 6.35. The van der Waals surface area contributed by atoms with Crippen molar-refractivity contribution in [3.05, 3.63) is 23.9 Å². The van der Waals surface area contributed by atoms with E-state index in [0.29, 0.717) is 13.0 Å². The van der Waals surface area contributed by atoms with Gasteiger partial charge >= 0.3 is 7.25 Å². The van der Waals surface area contributed by atoms with Gasteiger partial charge in [0, 0.05) is 13.1 Å². The number of halogens is 4. The van der Waals surface area contributed by atoms with Crippen molar-refractivity contribution in [3.63, 3.8) is 0 Å². The summed E-state index contributed by atoms with van der Waals surface area (Å²) in [5.41, 5.74) is 1.25. The van der Waals surface area contributed by atoms with Crippen LogP contribution in [0.15, 0.2) is 23.9 Å². The van der Waals surface area contributed by atoms with Gasteiger partial charge in [0.05, 0.1) is 5.75 Å². The van der Waals surface area contributed by atoms with Crippen LogP contribution in [0.3, 0.4) is 0 Å². The van der Waals surface area contributed by atoms with Crippen LogP contribution in [-0.2, 0) is 10.1 Å². The summed E-state index contributed by atoms with van der Waals surface area (Å²) in [7, 11) is -9.80. The van der Waals surface area contributed by atoms with Crippen LogP contribution in [0.1, 0.15) is 13.3 Å². The van der Waals surface area contributed by atoms with Crippen molar-refractivity contribution < 1.29 is 30.2 Å². The second-order valence-electron chi connectivity index (χ2n) is 3.96. The predicted octanol–water partition coefficient (Wildman–Crippen LogP) is 2.34. The Hall–Kier alpha value is -1.03. The molecule has 0 radical (unpaired) electrons. The number of hydrogen-bond acceptors (Lipinski definition) is 3. The molecule has 0 atom stereocenters. The second-order valence-corrected chi connectivity index (χ2v) is 5.53. The zero-order chi connectivity index (χ0) is 15.1. The van der Waals surface area contributed by atoms with Crippen molar-refractivity contribution in [1.29, 1.82) is 0 Å². The fourth-order valence-electron chi connectivity index (χ4n) is 1.36. The molecular weight excluding hydrogens is 289 g/mol. The molecule has 0 amide bonds. The average Bonchev–Trinajstić information content (AvgIpc) is 2.12. The molecule has 1 heterocycles. The molecule has 0 saturated carbocycles. The Kier molecular flexibility index (Phi) is 7.13. The molecule has 0 fully saturated rings. The Balaban J connectivity index is 0.000000555. The fraction of sp³-hybridized carbons (Fsp3) is 0.556. The van der Waals surface area contributed by atoms with Crippen molar-refractivity contribution in [2.45, 2.75) is 13.3 Å². The molecule has 0 aromatic rings. The van der Waals surface area contributed by atoms with Crippen molar-refractivity contribution in [2.75, 3.05) is 18.8 Å². The molecule has 0 aromatic heterocycles. The summed E-state index contributed by atoms with van der Waals surface area (Å²) < 4.78 is 68.4. The smallest absolute Gasteiger partial charge is 0.418 e. The van der Waals surface area contributed by atoms with Gasteiger partial charge in [0.2, 0.25) is 0 Å². The van der Waals surface area contributed by atoms with Crippen LogP contribution in [0, 0.1) is 0 Å². The van der Waals surface area contributed by atoms with Crippen molar-refractivity contribution >= 4 is 17.4 Å². The molecule has 19 heavy (non-hydrogen) atoms. The van der Waals surface area contributed by atoms with Crippen LogP contribution in [0.5, 0.6) is 0 Å². The number of nitrogens with zero attached hydrogens (tertiary/aromatic N) is 1. The molecule has 0 bridgehead atoms. The highest BCUT2D eigenvalue weighted by molar-refractivity contribution is 7.85. The maximum Gasteiger partial charge on any atom is 0.673 e. The van der Waals surface area contributed by atoms with Gasteiger partial charge in [-0.1, -0.05) is 11.6 Å². The van der Waals surface area contributed by atoms with E-state index in [1.54, 1.807) is 0 Å². The molecule has 1 aliphatic rings. The van der Waals surface area contributed by atoms with E-state index in [0.717, 1.165) is 6.54 Å². The first-order chi connectivity index (χ1) is 8.47. The lowest BCUT2D eigenvalue weighted by Gasteiger charge is -2.22. The SMILES string of the molecule is CC1=CC=CN(CCCS(=O)(=O)O)C1.F[B-](F)(F)F. The zero-order valence-electron chi connectivity index (χ0n) is 10.3. The third-order valence-corrected chi connectivity index (χ3v) is 2.78. The Morgan fingerprint density at radius 2 is 1.89 bits per heavy atom. The summed E-state index contributed by atoms with van der Waals surface area (Å²) in [5.74, 6) is -0.167. The summed E-state index contributed by atoms with van der Waals surface area (Å²) >= 11 is 0. The molecule has 0 spiro atoms. The van der Waals surface area contributed by atoms with Gasteiger partial charge in [0.25, 0.3) is 10.1 Å². The Morgan fingerprint density at radius 1 is 1.37 bits per heavy atom. The maximum absolute atomic E-state index is 10.4. The second kappa shape index (κ2) is 7.54. The van der Waals surface area contributed by atoms with Gasteiger partial charge in [-0.3, -0.25) is 4.55 Å². The lowest BCUT2D eigenvalue weighted by atomic mass is 10.2. The normalized spacial score (nSPS) is 15.7. The molecule has 0 unspecified atom stereocenters. The van der Waals surface area contributed by atoms with Gasteiger partial charge in [-0.05, 0) is 25.6 Å². The average molecular weight is 304 g/mol. The maximum atomic E-state index is 10.4. The first-order valence-electron chi connectivity index (χ1n) is 5.38. The molecule has 10 heteroatoms. The molecule has 1 rings (SSSR count). The molecule has 0 saturated heterocycles. The van der Waals surface area contributed by atoms with Gasteiger partial charge in [0.1, 0.15) is 0 Å². The lowest BCUT2D eigenvalue weighted by Crippen LogP contribution is -2.24. The van der Waals surface area contributed by atoms with Crippen molar-refractivity contribution in [3.8, 4) is 0 Å². The number of allylic oxidation sites excluding steroid dienone is 2. The van der Waals surface area contributed by atoms with Gasteiger partial charge in [-0.15, -0.1) is 0 Å². The van der Waals surface area contributed by atoms with Gasteiger partial charge < -0.3 is 22.2 Å². The Morgan fingerprint density at radius 3 is 2.32 bits per heavy atom. The molecular formula is C9H15BF4NO3S-. The van der Waals surface area contributed by atoms with E-state index in [9.17, 15) is 25.7 Å². The summed E-state index contributed by atoms with van der Waals surface area (Å²) in [4.78, 5) is 2.03. The van der Waals surface area contributed by atoms with E-state index in [2.05, 4.69) is 0 Å².